The van der Waals surface area contributed by atoms with Crippen LogP contribution in [0.2, 0.25) is 19.1 Å². The Balaban J connectivity index is 3.17. The molecule has 0 aliphatic rings. The van der Waals surface area contributed by atoms with Crippen molar-refractivity contribution in [1.82, 2.24) is 0 Å². The molecule has 0 aliphatic carbocycles. The van der Waals surface area contributed by atoms with Crippen LogP contribution in [0, 0.1) is 0 Å². The Morgan fingerprint density at radius 1 is 1.25 bits per heavy atom. The third kappa shape index (κ3) is 9.65. The van der Waals surface area contributed by atoms with Gasteiger partial charge >= 0.3 is 5.97 Å². The first-order valence-electron chi connectivity index (χ1n) is 4.36. The Morgan fingerprint density at radius 3 is 2.25 bits per heavy atom. The molecule has 0 saturated carbocycles. The standard InChI is InChI=1S/C8H18O3Si/c1-12(2,11)7-5-3-4-6-8(9)10/h11H,3-7H2,1-2H3,(H,9,10). The van der Waals surface area contributed by atoms with Crippen molar-refractivity contribution in [2.24, 2.45) is 0 Å². The second-order valence-corrected chi connectivity index (χ2v) is 7.89. The van der Waals surface area contributed by atoms with Gasteiger partial charge < -0.3 is 9.90 Å². The van der Waals surface area contributed by atoms with Crippen molar-refractivity contribution in [3.63, 3.8) is 0 Å². The lowest BCUT2D eigenvalue weighted by atomic mass is 10.2. The molecule has 0 spiro atoms. The zero-order valence-corrected chi connectivity index (χ0v) is 8.84. The SMILES string of the molecule is C[Si](C)(O)CCCCCC(=O)O. The molecule has 0 bridgehead atoms. The molecule has 2 N–H and O–H groups in total. The zero-order valence-electron chi connectivity index (χ0n) is 7.84. The number of carboxylic acid groups (broad SMARTS) is 1. The van der Waals surface area contributed by atoms with Gasteiger partial charge in [0, 0.05) is 6.42 Å². The molecule has 0 fully saturated rings. The molecule has 0 radical (unpaired) electrons. The molecule has 0 aromatic rings. The molecule has 0 unspecified atom stereocenters. The van der Waals surface area contributed by atoms with Gasteiger partial charge in [0.25, 0.3) is 0 Å². The molecule has 72 valence electrons. The number of unbranched alkanes of at least 4 members (excludes halogenated alkanes) is 2. The van der Waals surface area contributed by atoms with Gasteiger partial charge in [0.1, 0.15) is 0 Å². The minimum Gasteiger partial charge on any atom is -0.481 e. The number of carboxylic acids is 1. The van der Waals surface area contributed by atoms with E-state index in [9.17, 15) is 9.59 Å². The molecule has 4 heteroatoms. The quantitative estimate of drug-likeness (QED) is 0.496. The third-order valence-corrected chi connectivity index (χ3v) is 3.26. The minimum atomic E-state index is -1.88. The van der Waals surface area contributed by atoms with Crippen LogP contribution in [-0.4, -0.2) is 24.2 Å². The molecular formula is C8H18O3Si. The largest absolute Gasteiger partial charge is 0.481 e. The second-order valence-electron chi connectivity index (χ2n) is 3.77. The molecule has 0 heterocycles. The van der Waals surface area contributed by atoms with E-state index < -0.39 is 14.3 Å². The van der Waals surface area contributed by atoms with Crippen molar-refractivity contribution in [2.75, 3.05) is 0 Å². The molecule has 0 aromatic carbocycles. The van der Waals surface area contributed by atoms with Crippen LogP contribution >= 0.6 is 0 Å². The highest BCUT2D eigenvalue weighted by molar-refractivity contribution is 6.69. The van der Waals surface area contributed by atoms with Gasteiger partial charge in [0.15, 0.2) is 8.32 Å². The molecule has 0 aromatic heterocycles. The summed E-state index contributed by atoms with van der Waals surface area (Å²) in [7, 11) is -1.88. The summed E-state index contributed by atoms with van der Waals surface area (Å²) < 4.78 is 0. The number of carbonyl (C=O) groups is 1. The number of hydrogen-bond donors (Lipinski definition) is 2. The van der Waals surface area contributed by atoms with E-state index in [1.807, 2.05) is 13.1 Å². The van der Waals surface area contributed by atoms with Gasteiger partial charge in [-0.15, -0.1) is 0 Å². The topological polar surface area (TPSA) is 57.5 Å². The summed E-state index contributed by atoms with van der Waals surface area (Å²) in [6, 6.07) is 0.882. The fourth-order valence-electron chi connectivity index (χ4n) is 1.01. The highest BCUT2D eigenvalue weighted by Crippen LogP contribution is 2.11. The van der Waals surface area contributed by atoms with E-state index in [0.29, 0.717) is 0 Å². The van der Waals surface area contributed by atoms with E-state index in [1.54, 1.807) is 0 Å². The van der Waals surface area contributed by atoms with E-state index in [0.717, 1.165) is 25.3 Å². The lowest BCUT2D eigenvalue weighted by molar-refractivity contribution is -0.137. The predicted molar refractivity (Wildman–Crippen MR) is 50.6 cm³/mol. The van der Waals surface area contributed by atoms with Crippen LogP contribution in [0.15, 0.2) is 0 Å². The first-order chi connectivity index (χ1) is 5.42. The van der Waals surface area contributed by atoms with Crippen LogP contribution in [0.1, 0.15) is 25.7 Å². The summed E-state index contributed by atoms with van der Waals surface area (Å²) in [5.41, 5.74) is 0. The Hall–Kier alpha value is -0.353. The fourth-order valence-corrected chi connectivity index (χ4v) is 2.13. The lowest BCUT2D eigenvalue weighted by Crippen LogP contribution is -2.23. The van der Waals surface area contributed by atoms with Crippen LogP contribution < -0.4 is 0 Å². The summed E-state index contributed by atoms with van der Waals surface area (Å²) in [5, 5.41) is 8.33. The molecule has 0 amide bonds. The van der Waals surface area contributed by atoms with E-state index in [-0.39, 0.29) is 6.42 Å². The normalized spacial score (nSPS) is 11.6. The van der Waals surface area contributed by atoms with Gasteiger partial charge in [-0.05, 0) is 25.6 Å². The number of aliphatic carboxylic acids is 1. The van der Waals surface area contributed by atoms with Crippen molar-refractivity contribution < 1.29 is 14.7 Å². The van der Waals surface area contributed by atoms with E-state index >= 15 is 0 Å². The van der Waals surface area contributed by atoms with Crippen LogP contribution in [0.25, 0.3) is 0 Å². The smallest absolute Gasteiger partial charge is 0.303 e. The molecule has 0 aliphatic heterocycles. The highest BCUT2D eigenvalue weighted by atomic mass is 28.4. The average molecular weight is 190 g/mol. The van der Waals surface area contributed by atoms with Crippen LogP contribution in [0.4, 0.5) is 0 Å². The Kier molecular flexibility index (Phi) is 5.16. The molecule has 3 nitrogen and oxygen atoms in total. The maximum Gasteiger partial charge on any atom is 0.303 e. The molecule has 0 rings (SSSR count). The van der Waals surface area contributed by atoms with Crippen molar-refractivity contribution in [1.29, 1.82) is 0 Å². The lowest BCUT2D eigenvalue weighted by Gasteiger charge is -2.12. The second kappa shape index (κ2) is 5.32. The first kappa shape index (κ1) is 11.6. The van der Waals surface area contributed by atoms with E-state index in [1.165, 1.54) is 0 Å². The van der Waals surface area contributed by atoms with Crippen LogP contribution in [-0.2, 0) is 4.79 Å². The van der Waals surface area contributed by atoms with Gasteiger partial charge in [0.2, 0.25) is 0 Å². The highest BCUT2D eigenvalue weighted by Gasteiger charge is 2.15. The molecule has 0 saturated heterocycles. The van der Waals surface area contributed by atoms with Crippen LogP contribution in [0.5, 0.6) is 0 Å². The van der Waals surface area contributed by atoms with Crippen molar-refractivity contribution in [3.05, 3.63) is 0 Å². The van der Waals surface area contributed by atoms with Gasteiger partial charge in [0.05, 0.1) is 0 Å². The van der Waals surface area contributed by atoms with Crippen molar-refractivity contribution in [2.45, 2.75) is 44.8 Å². The van der Waals surface area contributed by atoms with Gasteiger partial charge in [-0.3, -0.25) is 4.79 Å². The average Bonchev–Trinajstić information content (AvgIpc) is 1.83. The zero-order chi connectivity index (χ0) is 9.61. The Labute approximate surface area is 74.5 Å². The number of hydrogen-bond acceptors (Lipinski definition) is 2. The fraction of sp³-hybridized carbons (Fsp3) is 0.875. The monoisotopic (exact) mass is 190 g/mol. The first-order valence-corrected chi connectivity index (χ1v) is 7.51. The van der Waals surface area contributed by atoms with Gasteiger partial charge in [-0.2, -0.15) is 0 Å². The molecule has 12 heavy (non-hydrogen) atoms. The Morgan fingerprint density at radius 2 is 1.83 bits per heavy atom. The molecule has 0 atom stereocenters. The summed E-state index contributed by atoms with van der Waals surface area (Å²) in [5.74, 6) is -0.726. The minimum absolute atomic E-state index is 0.257. The van der Waals surface area contributed by atoms with Crippen molar-refractivity contribution in [3.8, 4) is 0 Å². The van der Waals surface area contributed by atoms with Crippen molar-refractivity contribution >= 4 is 14.3 Å². The van der Waals surface area contributed by atoms with Gasteiger partial charge in [-0.1, -0.05) is 12.8 Å². The summed E-state index contributed by atoms with van der Waals surface area (Å²) >= 11 is 0. The third-order valence-electron chi connectivity index (χ3n) is 1.68. The van der Waals surface area contributed by atoms with Crippen LogP contribution in [0.3, 0.4) is 0 Å². The maximum atomic E-state index is 10.1. The summed E-state index contributed by atoms with van der Waals surface area (Å²) in [6.45, 7) is 3.81. The number of rotatable bonds is 6. The maximum absolute atomic E-state index is 10.1. The Bertz CT molecular complexity index is 140. The van der Waals surface area contributed by atoms with E-state index in [2.05, 4.69) is 0 Å². The summed E-state index contributed by atoms with van der Waals surface area (Å²) in [4.78, 5) is 19.6. The summed E-state index contributed by atoms with van der Waals surface area (Å²) in [6.07, 6.45) is 2.87. The van der Waals surface area contributed by atoms with Gasteiger partial charge in [-0.25, -0.2) is 0 Å². The molecular weight excluding hydrogens is 172 g/mol. The van der Waals surface area contributed by atoms with E-state index in [4.69, 9.17) is 5.11 Å². The predicted octanol–water partition coefficient (Wildman–Crippen LogP) is 1.83.